The van der Waals surface area contributed by atoms with E-state index in [1.165, 1.54) is 4.44 Å². The Bertz CT molecular complexity index is 312. The van der Waals surface area contributed by atoms with Crippen LogP contribution in [0.15, 0.2) is 6.07 Å². The molecule has 3 nitrogen and oxygen atoms in total. The first-order chi connectivity index (χ1) is 5.95. The minimum absolute atomic E-state index is 0.150. The fourth-order valence-corrected chi connectivity index (χ4v) is 3.03. The molecule has 0 fully saturated rings. The van der Waals surface area contributed by atoms with E-state index in [1.54, 1.807) is 0 Å². The zero-order valence-electron chi connectivity index (χ0n) is 8.05. The summed E-state index contributed by atoms with van der Waals surface area (Å²) in [5.41, 5.74) is 6.60. The molecule has 0 aromatic carbocycles. The number of carbonyl (C=O) groups is 1. The molecule has 0 bridgehead atoms. The molecule has 0 spiro atoms. The molecule has 0 aliphatic carbocycles. The minimum atomic E-state index is 0.150. The number of nitrogen functional groups attached to an aromatic ring is 1. The fourth-order valence-electron chi connectivity index (χ4n) is 0.941. The van der Waals surface area contributed by atoms with Crippen molar-refractivity contribution in [2.75, 3.05) is 11.1 Å². The molecule has 4 heteroatoms. The van der Waals surface area contributed by atoms with Crippen molar-refractivity contribution in [3.05, 3.63) is 10.5 Å². The summed E-state index contributed by atoms with van der Waals surface area (Å²) in [6.07, 6.45) is 0.684. The van der Waals surface area contributed by atoms with Gasteiger partial charge in [-0.2, -0.15) is 0 Å². The summed E-state index contributed by atoms with van der Waals surface area (Å²) >= 11 is 0.184. The zero-order valence-corrected chi connectivity index (χ0v) is 9.76. The van der Waals surface area contributed by atoms with E-state index in [9.17, 15) is 4.79 Å². The van der Waals surface area contributed by atoms with E-state index in [4.69, 9.17) is 5.73 Å². The number of hydrogen-bond acceptors (Lipinski definition) is 2. The molecule has 1 aromatic rings. The van der Waals surface area contributed by atoms with Crippen LogP contribution in [0.25, 0.3) is 0 Å². The van der Waals surface area contributed by atoms with Crippen LogP contribution in [0.1, 0.15) is 25.2 Å². The quantitative estimate of drug-likeness (QED) is 0.607. The first-order valence-electron chi connectivity index (χ1n) is 4.05. The number of nitrogens with two attached hydrogens (primary N) is 1. The molecule has 72 valence electrons. The molecule has 0 saturated carbocycles. The van der Waals surface area contributed by atoms with Crippen LogP contribution in [0.2, 0.25) is 0 Å². The molecule has 0 atom stereocenters. The molecule has 0 aliphatic rings. The Hall–Kier alpha value is -0.731. The van der Waals surface area contributed by atoms with Crippen molar-refractivity contribution >= 4 is 31.2 Å². The van der Waals surface area contributed by atoms with Gasteiger partial charge >= 0.3 is 83.7 Å². The van der Waals surface area contributed by atoms with E-state index < -0.39 is 0 Å². The van der Waals surface area contributed by atoms with E-state index in [-0.39, 0.29) is 19.9 Å². The molecule has 1 amide bonds. The van der Waals surface area contributed by atoms with Gasteiger partial charge in [-0.3, -0.25) is 0 Å². The summed E-state index contributed by atoms with van der Waals surface area (Å²) in [6.45, 7) is 6.45. The van der Waals surface area contributed by atoms with E-state index in [2.05, 4.69) is 26.1 Å². The van der Waals surface area contributed by atoms with Gasteiger partial charge in [-0.05, 0) is 0 Å². The molecular weight excluding hydrogens is 231 g/mol. The van der Waals surface area contributed by atoms with Gasteiger partial charge in [-0.15, -0.1) is 0 Å². The Balaban J connectivity index is 3.01. The van der Waals surface area contributed by atoms with Gasteiger partial charge in [0.2, 0.25) is 0 Å². The van der Waals surface area contributed by atoms with Crippen molar-refractivity contribution in [3.63, 3.8) is 0 Å². The summed E-state index contributed by atoms with van der Waals surface area (Å²) < 4.78 is 2.20. The molecule has 0 aliphatic heterocycles. The Morgan fingerprint density at radius 3 is 2.54 bits per heavy atom. The predicted octanol–water partition coefficient (Wildman–Crippen LogP) is 1.19. The van der Waals surface area contributed by atoms with Crippen molar-refractivity contribution in [2.24, 2.45) is 0 Å². The van der Waals surface area contributed by atoms with Gasteiger partial charge in [-0.1, -0.05) is 0 Å². The number of hydrogen-bond donors (Lipinski definition) is 2. The summed E-state index contributed by atoms with van der Waals surface area (Å²) in [7, 11) is 0. The number of amides is 1. The summed E-state index contributed by atoms with van der Waals surface area (Å²) in [5.74, 6) is 0. The van der Waals surface area contributed by atoms with Crippen molar-refractivity contribution in [3.8, 4) is 0 Å². The van der Waals surface area contributed by atoms with E-state index >= 15 is 0 Å². The average molecular weight is 245 g/mol. The standard InChI is InChI=1S/C9H14N2OSe/c1-9(2,3)7-4-6(10)8(13-7)11-5-12/h4-5H,10H2,1-3H3,(H,11,12). The second kappa shape index (κ2) is 3.56. The van der Waals surface area contributed by atoms with E-state index in [0.29, 0.717) is 12.1 Å². The van der Waals surface area contributed by atoms with Crippen molar-refractivity contribution in [1.82, 2.24) is 0 Å². The maximum absolute atomic E-state index is 10.2. The van der Waals surface area contributed by atoms with Gasteiger partial charge in [0.05, 0.1) is 0 Å². The van der Waals surface area contributed by atoms with Gasteiger partial charge in [0.15, 0.2) is 0 Å². The molecular formula is C9H14N2OSe. The second-order valence-corrected chi connectivity index (χ2v) is 6.11. The average Bonchev–Trinajstić information content (AvgIpc) is 2.32. The first kappa shape index (κ1) is 10.4. The van der Waals surface area contributed by atoms with Crippen LogP contribution in [0, 0.1) is 0 Å². The van der Waals surface area contributed by atoms with Gasteiger partial charge in [0, 0.05) is 0 Å². The normalized spacial score (nSPS) is 11.3. The zero-order chi connectivity index (χ0) is 10.1. The third-order valence-corrected chi connectivity index (χ3v) is 4.85. The Kier molecular flexibility index (Phi) is 2.84. The van der Waals surface area contributed by atoms with Crippen LogP contribution in [-0.2, 0) is 10.2 Å². The van der Waals surface area contributed by atoms with Crippen molar-refractivity contribution < 1.29 is 4.79 Å². The van der Waals surface area contributed by atoms with Crippen LogP contribution >= 0.6 is 0 Å². The van der Waals surface area contributed by atoms with Crippen molar-refractivity contribution in [1.29, 1.82) is 0 Å². The summed E-state index contributed by atoms with van der Waals surface area (Å²) in [4.78, 5) is 10.2. The molecule has 1 heterocycles. The van der Waals surface area contributed by atoms with Gasteiger partial charge in [0.25, 0.3) is 0 Å². The summed E-state index contributed by atoms with van der Waals surface area (Å²) in [5, 5.41) is 2.65. The first-order valence-corrected chi connectivity index (χ1v) is 5.76. The molecule has 0 saturated heterocycles. The van der Waals surface area contributed by atoms with E-state index in [1.807, 2.05) is 6.07 Å². The van der Waals surface area contributed by atoms with Gasteiger partial charge in [0.1, 0.15) is 0 Å². The third kappa shape index (κ3) is 2.36. The van der Waals surface area contributed by atoms with Crippen LogP contribution in [0.4, 0.5) is 10.2 Å². The van der Waals surface area contributed by atoms with Crippen LogP contribution < -0.4 is 11.1 Å². The van der Waals surface area contributed by atoms with Crippen LogP contribution in [0.5, 0.6) is 0 Å². The molecule has 1 aromatic heterocycles. The predicted molar refractivity (Wildman–Crippen MR) is 56.2 cm³/mol. The second-order valence-electron chi connectivity index (χ2n) is 3.91. The maximum atomic E-state index is 10.2. The van der Waals surface area contributed by atoms with Crippen LogP contribution in [0.3, 0.4) is 0 Å². The Labute approximate surface area is 84.1 Å². The molecule has 0 unspecified atom stereocenters. The Morgan fingerprint density at radius 1 is 1.54 bits per heavy atom. The number of anilines is 2. The molecule has 0 radical (unpaired) electrons. The SMILES string of the molecule is CC(C)(C)c1cc(N)c(NC=O)[se]1. The van der Waals surface area contributed by atoms with Crippen LogP contribution in [-0.4, -0.2) is 20.9 Å². The third-order valence-electron chi connectivity index (χ3n) is 1.69. The fraction of sp³-hybridized carbons (Fsp3) is 0.444. The molecule has 3 N–H and O–H groups in total. The van der Waals surface area contributed by atoms with Crippen molar-refractivity contribution in [2.45, 2.75) is 26.2 Å². The number of rotatable bonds is 2. The van der Waals surface area contributed by atoms with Gasteiger partial charge < -0.3 is 0 Å². The molecule has 1 rings (SSSR count). The number of carbonyl (C=O) groups excluding carboxylic acids is 1. The molecule has 13 heavy (non-hydrogen) atoms. The Morgan fingerprint density at radius 2 is 2.15 bits per heavy atom. The summed E-state index contributed by atoms with van der Waals surface area (Å²) in [6, 6.07) is 1.98. The monoisotopic (exact) mass is 246 g/mol. The van der Waals surface area contributed by atoms with Gasteiger partial charge in [-0.25, -0.2) is 0 Å². The topological polar surface area (TPSA) is 55.1 Å². The number of nitrogens with one attached hydrogen (secondary N) is 1. The van der Waals surface area contributed by atoms with E-state index in [0.717, 1.165) is 4.56 Å².